The van der Waals surface area contributed by atoms with E-state index in [1.165, 1.54) is 18.6 Å². The van der Waals surface area contributed by atoms with Crippen molar-refractivity contribution in [2.24, 2.45) is 5.92 Å². The Labute approximate surface area is 171 Å². The number of benzene rings is 1. The zero-order valence-electron chi connectivity index (χ0n) is 17.1. The van der Waals surface area contributed by atoms with Crippen LogP contribution in [-0.2, 0) is 0 Å². The fourth-order valence-corrected chi connectivity index (χ4v) is 4.16. The summed E-state index contributed by atoms with van der Waals surface area (Å²) in [6.45, 7) is 8.72. The van der Waals surface area contributed by atoms with E-state index >= 15 is 0 Å². The Morgan fingerprint density at radius 1 is 1.03 bits per heavy atom. The number of amides is 1. The number of halogens is 1. The van der Waals surface area contributed by atoms with Gasteiger partial charge in [0.05, 0.1) is 0 Å². The summed E-state index contributed by atoms with van der Waals surface area (Å²) in [5.41, 5.74) is 2.28. The van der Waals surface area contributed by atoms with E-state index in [0.717, 1.165) is 44.0 Å². The number of piperazine rings is 1. The van der Waals surface area contributed by atoms with E-state index < -0.39 is 0 Å². The van der Waals surface area contributed by atoms with Crippen LogP contribution in [0.4, 0.5) is 16.0 Å². The summed E-state index contributed by atoms with van der Waals surface area (Å²) in [6.07, 6.45) is 2.36. The molecule has 2 aromatic rings. The molecule has 2 fully saturated rings. The van der Waals surface area contributed by atoms with Crippen LogP contribution in [0.5, 0.6) is 0 Å². The minimum absolute atomic E-state index is 0.0411. The van der Waals surface area contributed by atoms with Gasteiger partial charge >= 0.3 is 0 Å². The molecule has 7 heteroatoms. The molecule has 1 unspecified atom stereocenters. The number of rotatable bonds is 3. The van der Waals surface area contributed by atoms with E-state index in [0.29, 0.717) is 30.6 Å². The number of aryl methyl sites for hydroxylation is 1. The van der Waals surface area contributed by atoms with Crippen LogP contribution in [0.15, 0.2) is 30.3 Å². The molecule has 0 spiro atoms. The Balaban J connectivity index is 1.44. The lowest BCUT2D eigenvalue weighted by atomic mass is 10.0. The summed E-state index contributed by atoms with van der Waals surface area (Å²) in [4.78, 5) is 28.5. The predicted molar refractivity (Wildman–Crippen MR) is 112 cm³/mol. The number of nitrogens with zero attached hydrogens (tertiary/aromatic N) is 5. The van der Waals surface area contributed by atoms with Gasteiger partial charge in [0.25, 0.3) is 5.91 Å². The molecule has 1 aromatic carbocycles. The van der Waals surface area contributed by atoms with Crippen LogP contribution in [-0.4, -0.2) is 60.0 Å². The molecule has 4 rings (SSSR count). The minimum atomic E-state index is -0.236. The number of carbonyl (C=O) groups excluding carboxylic acids is 1. The first-order chi connectivity index (χ1) is 14.0. The van der Waals surface area contributed by atoms with Crippen molar-refractivity contribution in [3.63, 3.8) is 0 Å². The molecule has 0 N–H and O–H groups in total. The number of anilines is 2. The first-order valence-corrected chi connectivity index (χ1v) is 10.4. The highest BCUT2D eigenvalue weighted by atomic mass is 19.1. The Morgan fingerprint density at radius 2 is 1.76 bits per heavy atom. The number of piperidine rings is 1. The lowest BCUT2D eigenvalue weighted by Crippen LogP contribution is -2.49. The molecule has 1 atom stereocenters. The van der Waals surface area contributed by atoms with Crippen LogP contribution in [0.1, 0.15) is 35.9 Å². The maximum atomic E-state index is 13.1. The molecule has 0 bridgehead atoms. The molecular formula is C22H28FN5O. The van der Waals surface area contributed by atoms with Crippen molar-refractivity contribution < 1.29 is 9.18 Å². The van der Waals surface area contributed by atoms with Crippen LogP contribution < -0.4 is 9.80 Å². The third-order valence-corrected chi connectivity index (χ3v) is 5.76. The Morgan fingerprint density at radius 3 is 2.45 bits per heavy atom. The summed E-state index contributed by atoms with van der Waals surface area (Å²) >= 11 is 0. The molecule has 0 aliphatic carbocycles. The first-order valence-electron chi connectivity index (χ1n) is 10.4. The molecule has 1 amide bonds. The second-order valence-corrected chi connectivity index (χ2v) is 8.14. The van der Waals surface area contributed by atoms with E-state index in [4.69, 9.17) is 0 Å². The van der Waals surface area contributed by atoms with Gasteiger partial charge in [-0.3, -0.25) is 4.79 Å². The van der Waals surface area contributed by atoms with Crippen molar-refractivity contribution in [3.05, 3.63) is 47.5 Å². The quantitative estimate of drug-likeness (QED) is 0.797. The molecule has 0 saturated carbocycles. The number of aromatic nitrogens is 2. The lowest BCUT2D eigenvalue weighted by Gasteiger charge is -2.36. The third kappa shape index (κ3) is 4.49. The average molecular weight is 397 g/mol. The monoisotopic (exact) mass is 397 g/mol. The summed E-state index contributed by atoms with van der Waals surface area (Å²) in [5.74, 6) is 1.01. The highest BCUT2D eigenvalue weighted by molar-refractivity contribution is 5.93. The first kappa shape index (κ1) is 19.6. The molecule has 6 nitrogen and oxygen atoms in total. The fourth-order valence-electron chi connectivity index (χ4n) is 4.16. The summed E-state index contributed by atoms with van der Waals surface area (Å²) in [6, 6.07) is 8.30. The molecule has 0 radical (unpaired) electrons. The maximum absolute atomic E-state index is 13.1. The van der Waals surface area contributed by atoms with E-state index in [-0.39, 0.29) is 11.7 Å². The van der Waals surface area contributed by atoms with Crippen molar-refractivity contribution >= 4 is 17.5 Å². The average Bonchev–Trinajstić information content (AvgIpc) is 2.73. The van der Waals surface area contributed by atoms with Gasteiger partial charge in [-0.25, -0.2) is 14.4 Å². The summed E-state index contributed by atoms with van der Waals surface area (Å²) in [7, 11) is 0. The standard InChI is InChI=1S/C22H28FN5O/c1-16-4-3-9-28(15-16)22-24-17(2)14-20(25-22)21(29)27-12-10-26(11-13-27)19-7-5-18(23)6-8-19/h5-8,14,16H,3-4,9-13,15H2,1-2H3. The largest absolute Gasteiger partial charge is 0.368 e. The smallest absolute Gasteiger partial charge is 0.272 e. The molecule has 2 saturated heterocycles. The highest BCUT2D eigenvalue weighted by Crippen LogP contribution is 2.22. The van der Waals surface area contributed by atoms with E-state index in [1.54, 1.807) is 18.2 Å². The Kier molecular flexibility index (Phi) is 5.65. The minimum Gasteiger partial charge on any atom is -0.368 e. The third-order valence-electron chi connectivity index (χ3n) is 5.76. The topological polar surface area (TPSA) is 52.6 Å². The molecule has 2 aliphatic heterocycles. The molecule has 154 valence electrons. The number of hydrogen-bond donors (Lipinski definition) is 0. The second-order valence-electron chi connectivity index (χ2n) is 8.14. The highest BCUT2D eigenvalue weighted by Gasteiger charge is 2.25. The van der Waals surface area contributed by atoms with Gasteiger partial charge in [-0.2, -0.15) is 0 Å². The van der Waals surface area contributed by atoms with Gasteiger partial charge in [-0.05, 0) is 56.0 Å². The summed E-state index contributed by atoms with van der Waals surface area (Å²) in [5, 5.41) is 0. The molecular weight excluding hydrogens is 369 g/mol. The van der Waals surface area contributed by atoms with Gasteiger partial charge in [0, 0.05) is 50.6 Å². The van der Waals surface area contributed by atoms with Gasteiger partial charge < -0.3 is 14.7 Å². The number of hydrogen-bond acceptors (Lipinski definition) is 5. The summed E-state index contributed by atoms with van der Waals surface area (Å²) < 4.78 is 13.1. The zero-order chi connectivity index (χ0) is 20.4. The predicted octanol–water partition coefficient (Wildman–Crippen LogP) is 3.12. The van der Waals surface area contributed by atoms with E-state index in [1.807, 2.05) is 11.8 Å². The van der Waals surface area contributed by atoms with Crippen molar-refractivity contribution in [2.45, 2.75) is 26.7 Å². The van der Waals surface area contributed by atoms with Gasteiger partial charge in [-0.1, -0.05) is 6.92 Å². The Bertz CT molecular complexity index is 864. The van der Waals surface area contributed by atoms with Gasteiger partial charge in [-0.15, -0.1) is 0 Å². The van der Waals surface area contributed by atoms with Crippen LogP contribution in [0.25, 0.3) is 0 Å². The van der Waals surface area contributed by atoms with Gasteiger partial charge in [0.2, 0.25) is 5.95 Å². The van der Waals surface area contributed by atoms with Crippen LogP contribution in [0, 0.1) is 18.7 Å². The molecule has 3 heterocycles. The second kappa shape index (κ2) is 8.35. The SMILES string of the molecule is Cc1cc(C(=O)N2CCN(c3ccc(F)cc3)CC2)nc(N2CCCC(C)C2)n1. The fraction of sp³-hybridized carbons (Fsp3) is 0.500. The van der Waals surface area contributed by atoms with E-state index in [2.05, 4.69) is 26.7 Å². The van der Waals surface area contributed by atoms with E-state index in [9.17, 15) is 9.18 Å². The normalized spacial score (nSPS) is 20.1. The molecule has 2 aliphatic rings. The van der Waals surface area contributed by atoms with Crippen LogP contribution in [0.3, 0.4) is 0 Å². The molecule has 1 aromatic heterocycles. The van der Waals surface area contributed by atoms with Crippen molar-refractivity contribution in [3.8, 4) is 0 Å². The van der Waals surface area contributed by atoms with Crippen molar-refractivity contribution in [1.82, 2.24) is 14.9 Å². The van der Waals surface area contributed by atoms with Crippen LogP contribution >= 0.6 is 0 Å². The van der Waals surface area contributed by atoms with Crippen molar-refractivity contribution in [1.29, 1.82) is 0 Å². The lowest BCUT2D eigenvalue weighted by molar-refractivity contribution is 0.0740. The maximum Gasteiger partial charge on any atom is 0.272 e. The van der Waals surface area contributed by atoms with Gasteiger partial charge in [0.15, 0.2) is 0 Å². The molecule has 29 heavy (non-hydrogen) atoms. The van der Waals surface area contributed by atoms with Crippen LogP contribution in [0.2, 0.25) is 0 Å². The number of carbonyl (C=O) groups is 1. The Hall–Kier alpha value is -2.70. The van der Waals surface area contributed by atoms with Gasteiger partial charge in [0.1, 0.15) is 11.5 Å². The zero-order valence-corrected chi connectivity index (χ0v) is 17.1. The van der Waals surface area contributed by atoms with Crippen molar-refractivity contribution in [2.75, 3.05) is 49.1 Å².